The summed E-state index contributed by atoms with van der Waals surface area (Å²) in [5.41, 5.74) is 1.05. The van der Waals surface area contributed by atoms with Gasteiger partial charge in [0.2, 0.25) is 0 Å². The van der Waals surface area contributed by atoms with Crippen LogP contribution in [0.4, 0.5) is 0 Å². The van der Waals surface area contributed by atoms with Gasteiger partial charge in [-0.3, -0.25) is 0 Å². The summed E-state index contributed by atoms with van der Waals surface area (Å²) in [6.07, 6.45) is -0.607. The number of rotatable bonds is 5. The molecule has 0 radical (unpaired) electrons. The molecule has 0 saturated carbocycles. The molecule has 74 valence electrons. The Labute approximate surface area is 85.8 Å². The summed E-state index contributed by atoms with van der Waals surface area (Å²) in [5.74, 6) is 1.37. The van der Waals surface area contributed by atoms with Gasteiger partial charge >= 0.3 is 0 Å². The Bertz CT molecular complexity index is 252. The monoisotopic (exact) mass is 219 g/mol. The number of thiazole rings is 1. The third-order valence-corrected chi connectivity index (χ3v) is 3.38. The topological polar surface area (TPSA) is 53.4 Å². The summed E-state index contributed by atoms with van der Waals surface area (Å²) in [7, 11) is 0. The minimum Gasteiger partial charge on any atom is -0.394 e. The molecule has 0 aliphatic heterocycles. The highest BCUT2D eigenvalue weighted by atomic mass is 32.2. The predicted molar refractivity (Wildman–Crippen MR) is 56.1 cm³/mol. The zero-order valence-corrected chi connectivity index (χ0v) is 9.07. The molecule has 0 bridgehead atoms. The van der Waals surface area contributed by atoms with Crippen molar-refractivity contribution in [3.8, 4) is 0 Å². The average Bonchev–Trinajstić information content (AvgIpc) is 2.51. The molecule has 13 heavy (non-hydrogen) atoms. The molecule has 0 aliphatic carbocycles. The Balaban J connectivity index is 2.20. The summed E-state index contributed by atoms with van der Waals surface area (Å²) < 4.78 is 0. The Morgan fingerprint density at radius 2 is 2.46 bits per heavy atom. The number of aliphatic hydroxyl groups excluding tert-OH is 2. The number of nitrogens with zero attached hydrogens (tertiary/aromatic N) is 1. The first-order chi connectivity index (χ1) is 6.22. The van der Waals surface area contributed by atoms with Crippen molar-refractivity contribution in [1.82, 2.24) is 4.98 Å². The van der Waals surface area contributed by atoms with Gasteiger partial charge in [-0.2, -0.15) is 11.8 Å². The summed E-state index contributed by atoms with van der Waals surface area (Å²) in [5, 5.41) is 20.7. The molecule has 1 atom stereocenters. The van der Waals surface area contributed by atoms with Crippen LogP contribution in [0, 0.1) is 6.92 Å². The van der Waals surface area contributed by atoms with E-state index in [1.165, 1.54) is 0 Å². The zero-order chi connectivity index (χ0) is 9.68. The molecule has 0 fully saturated rings. The lowest BCUT2D eigenvalue weighted by atomic mass is 10.4. The molecule has 2 N–H and O–H groups in total. The molecule has 0 aromatic carbocycles. The van der Waals surface area contributed by atoms with E-state index in [1.807, 2.05) is 12.3 Å². The number of aromatic nitrogens is 1. The molecule has 1 aromatic rings. The van der Waals surface area contributed by atoms with E-state index in [0.29, 0.717) is 5.75 Å². The van der Waals surface area contributed by atoms with Crippen LogP contribution in [-0.4, -0.2) is 33.7 Å². The second kappa shape index (κ2) is 5.59. The van der Waals surface area contributed by atoms with Crippen molar-refractivity contribution in [3.05, 3.63) is 16.1 Å². The first-order valence-corrected chi connectivity index (χ1v) is 6.03. The maximum atomic E-state index is 9.05. The highest BCUT2D eigenvalue weighted by molar-refractivity contribution is 7.98. The van der Waals surface area contributed by atoms with Crippen molar-refractivity contribution >= 4 is 23.1 Å². The van der Waals surface area contributed by atoms with E-state index in [4.69, 9.17) is 10.2 Å². The number of thioether (sulfide) groups is 1. The molecule has 1 heterocycles. The molecular weight excluding hydrogens is 206 g/mol. The average molecular weight is 219 g/mol. The Hall–Kier alpha value is -0.100. The van der Waals surface area contributed by atoms with Crippen molar-refractivity contribution in [2.24, 2.45) is 0 Å². The maximum Gasteiger partial charge on any atom is 0.0897 e. The summed E-state index contributed by atoms with van der Waals surface area (Å²) in [6, 6.07) is 0. The van der Waals surface area contributed by atoms with Crippen LogP contribution in [0.5, 0.6) is 0 Å². The summed E-state index contributed by atoms with van der Waals surface area (Å²) in [4.78, 5) is 4.29. The third kappa shape index (κ3) is 4.08. The first kappa shape index (κ1) is 11.0. The molecule has 5 heteroatoms. The minimum absolute atomic E-state index is 0.164. The Morgan fingerprint density at radius 3 is 3.00 bits per heavy atom. The predicted octanol–water partition coefficient (Wildman–Crippen LogP) is 1.04. The fourth-order valence-electron chi connectivity index (χ4n) is 0.827. The van der Waals surface area contributed by atoms with Crippen LogP contribution < -0.4 is 0 Å². The lowest BCUT2D eigenvalue weighted by molar-refractivity contribution is 0.113. The van der Waals surface area contributed by atoms with Crippen molar-refractivity contribution in [2.75, 3.05) is 12.4 Å². The summed E-state index contributed by atoms with van der Waals surface area (Å²) >= 11 is 3.22. The van der Waals surface area contributed by atoms with Crippen LogP contribution in [0.1, 0.15) is 10.7 Å². The lowest BCUT2D eigenvalue weighted by Crippen LogP contribution is -2.14. The maximum absolute atomic E-state index is 9.05. The highest BCUT2D eigenvalue weighted by Crippen LogP contribution is 2.15. The molecule has 0 aliphatic rings. The molecule has 0 unspecified atom stereocenters. The van der Waals surface area contributed by atoms with Crippen molar-refractivity contribution in [1.29, 1.82) is 0 Å². The van der Waals surface area contributed by atoms with Crippen LogP contribution >= 0.6 is 23.1 Å². The van der Waals surface area contributed by atoms with Crippen LogP contribution in [0.15, 0.2) is 5.38 Å². The smallest absolute Gasteiger partial charge is 0.0897 e. The summed E-state index contributed by atoms with van der Waals surface area (Å²) in [6.45, 7) is 1.81. The van der Waals surface area contributed by atoms with Crippen molar-refractivity contribution < 1.29 is 10.2 Å². The molecule has 0 spiro atoms. The van der Waals surface area contributed by atoms with Gasteiger partial charge < -0.3 is 10.2 Å². The van der Waals surface area contributed by atoms with Gasteiger partial charge in [-0.1, -0.05) is 0 Å². The van der Waals surface area contributed by atoms with Gasteiger partial charge in [-0.15, -0.1) is 11.3 Å². The SMILES string of the molecule is Cc1nc(CSC[C@H](O)CO)cs1. The van der Waals surface area contributed by atoms with E-state index in [1.54, 1.807) is 23.1 Å². The standard InChI is InChI=1S/C8H13NO2S2/c1-6-9-7(4-13-6)3-12-5-8(11)2-10/h4,8,10-11H,2-3,5H2,1H3/t8-/m1/s1. The van der Waals surface area contributed by atoms with E-state index in [9.17, 15) is 0 Å². The van der Waals surface area contributed by atoms with Crippen LogP contribution in [0.3, 0.4) is 0 Å². The van der Waals surface area contributed by atoms with Crippen molar-refractivity contribution in [2.45, 2.75) is 18.8 Å². The quantitative estimate of drug-likeness (QED) is 0.777. The van der Waals surface area contributed by atoms with Gasteiger partial charge in [0.15, 0.2) is 0 Å². The van der Waals surface area contributed by atoms with E-state index in [-0.39, 0.29) is 6.61 Å². The van der Waals surface area contributed by atoms with Crippen LogP contribution in [0.25, 0.3) is 0 Å². The number of hydrogen-bond acceptors (Lipinski definition) is 5. The molecule has 1 aromatic heterocycles. The van der Waals surface area contributed by atoms with Gasteiger partial charge in [0.05, 0.1) is 23.4 Å². The van der Waals surface area contributed by atoms with Gasteiger partial charge in [-0.25, -0.2) is 4.98 Å². The molecule has 0 amide bonds. The third-order valence-electron chi connectivity index (χ3n) is 1.44. The molecule has 1 rings (SSSR count). The fraction of sp³-hybridized carbons (Fsp3) is 0.625. The van der Waals surface area contributed by atoms with E-state index >= 15 is 0 Å². The Morgan fingerprint density at radius 1 is 1.69 bits per heavy atom. The van der Waals surface area contributed by atoms with Crippen LogP contribution in [-0.2, 0) is 5.75 Å². The van der Waals surface area contributed by atoms with Gasteiger partial charge in [0, 0.05) is 16.9 Å². The Kier molecular flexibility index (Phi) is 4.72. The van der Waals surface area contributed by atoms with Gasteiger partial charge in [0.25, 0.3) is 0 Å². The molecular formula is C8H13NO2S2. The number of hydrogen-bond donors (Lipinski definition) is 2. The van der Waals surface area contributed by atoms with E-state index in [2.05, 4.69) is 4.98 Å². The largest absolute Gasteiger partial charge is 0.394 e. The first-order valence-electron chi connectivity index (χ1n) is 4.00. The second-order valence-corrected chi connectivity index (χ2v) is 4.80. The minimum atomic E-state index is -0.607. The van der Waals surface area contributed by atoms with Crippen LogP contribution in [0.2, 0.25) is 0 Å². The van der Waals surface area contributed by atoms with Gasteiger partial charge in [0.1, 0.15) is 0 Å². The van der Waals surface area contributed by atoms with Crippen molar-refractivity contribution in [3.63, 3.8) is 0 Å². The lowest BCUT2D eigenvalue weighted by Gasteiger charge is -2.04. The van der Waals surface area contributed by atoms with E-state index < -0.39 is 6.10 Å². The highest BCUT2D eigenvalue weighted by Gasteiger charge is 2.03. The number of aryl methyl sites for hydroxylation is 1. The second-order valence-electron chi connectivity index (χ2n) is 2.71. The normalized spacial score (nSPS) is 13.2. The van der Waals surface area contributed by atoms with Gasteiger partial charge in [-0.05, 0) is 6.92 Å². The molecule has 3 nitrogen and oxygen atoms in total. The fourth-order valence-corrected chi connectivity index (χ4v) is 2.40. The molecule has 0 saturated heterocycles. The van der Waals surface area contributed by atoms with E-state index in [0.717, 1.165) is 16.5 Å². The zero-order valence-electron chi connectivity index (χ0n) is 7.43. The number of aliphatic hydroxyl groups is 2.